The van der Waals surface area contributed by atoms with Crippen LogP contribution in [-0.4, -0.2) is 11.8 Å². The molecule has 2 rings (SSSR count). The minimum Gasteiger partial charge on any atom is -0.398 e. The van der Waals surface area contributed by atoms with Gasteiger partial charge in [-0.2, -0.15) is 0 Å². The van der Waals surface area contributed by atoms with Crippen LogP contribution < -0.4 is 11.1 Å². The summed E-state index contributed by atoms with van der Waals surface area (Å²) in [6.07, 6.45) is 5.70. The Balaban J connectivity index is 2.11. The summed E-state index contributed by atoms with van der Waals surface area (Å²) in [7, 11) is -0.219. The minimum absolute atomic E-state index is 0.217. The lowest BCUT2D eigenvalue weighted by Crippen LogP contribution is -2.17. The molecule has 1 aliphatic carbocycles. The van der Waals surface area contributed by atoms with Gasteiger partial charge in [0, 0.05) is 29.1 Å². The van der Waals surface area contributed by atoms with Crippen LogP contribution in [0.5, 0.6) is 0 Å². The fourth-order valence-corrected chi connectivity index (χ4v) is 6.08. The highest BCUT2D eigenvalue weighted by atomic mass is 31.1. The van der Waals surface area contributed by atoms with Gasteiger partial charge in [0.05, 0.1) is 0 Å². The maximum atomic E-state index is 14.1. The Hall–Kier alpha value is -2.12. The van der Waals surface area contributed by atoms with Crippen LogP contribution in [0.1, 0.15) is 44.7 Å². The van der Waals surface area contributed by atoms with Crippen LogP contribution in [0.3, 0.4) is 0 Å². The summed E-state index contributed by atoms with van der Waals surface area (Å²) in [5.41, 5.74) is 12.8. The van der Waals surface area contributed by atoms with Gasteiger partial charge in [-0.3, -0.25) is 0 Å². The molecule has 0 aliphatic heterocycles. The van der Waals surface area contributed by atoms with Crippen molar-refractivity contribution in [3.8, 4) is 0 Å². The number of nitrogens with one attached hydrogen (secondary N) is 1. The SMILES string of the molecule is C=C(NCc1ccc(C)cc1F)/C(=C/C)C(=C)/C(N)=C(\C)C(=C)P(CC)C1CC1. The molecule has 1 saturated carbocycles. The molecule has 0 radical (unpaired) electrons. The van der Waals surface area contributed by atoms with E-state index in [0.717, 1.165) is 34.1 Å². The number of halogens is 1. The van der Waals surface area contributed by atoms with Crippen molar-refractivity contribution in [2.24, 2.45) is 5.73 Å². The molecule has 0 heterocycles. The summed E-state index contributed by atoms with van der Waals surface area (Å²) in [6, 6.07) is 5.24. The number of benzene rings is 1. The highest BCUT2D eigenvalue weighted by Crippen LogP contribution is 2.60. The number of aryl methyl sites for hydroxylation is 1. The van der Waals surface area contributed by atoms with E-state index in [1.165, 1.54) is 24.2 Å². The predicted octanol–water partition coefficient (Wildman–Crippen LogP) is 6.65. The third-order valence-electron chi connectivity index (χ3n) is 5.48. The van der Waals surface area contributed by atoms with Gasteiger partial charge in [-0.05, 0) is 73.5 Å². The Morgan fingerprint density at radius 3 is 2.48 bits per heavy atom. The maximum absolute atomic E-state index is 14.1. The van der Waals surface area contributed by atoms with Crippen molar-refractivity contribution in [2.45, 2.75) is 52.7 Å². The van der Waals surface area contributed by atoms with Crippen LogP contribution in [0.2, 0.25) is 0 Å². The molecule has 0 aromatic heterocycles. The van der Waals surface area contributed by atoms with Gasteiger partial charge in [-0.15, -0.1) is 0 Å². The Labute approximate surface area is 176 Å². The molecule has 0 spiro atoms. The molecule has 2 nitrogen and oxygen atoms in total. The van der Waals surface area contributed by atoms with Crippen molar-refractivity contribution in [1.82, 2.24) is 5.32 Å². The summed E-state index contributed by atoms with van der Waals surface area (Å²) in [5.74, 6) is -0.217. The van der Waals surface area contributed by atoms with Gasteiger partial charge in [-0.25, -0.2) is 4.39 Å². The average Bonchev–Trinajstić information content (AvgIpc) is 3.52. The second kappa shape index (κ2) is 10.1. The van der Waals surface area contributed by atoms with Crippen LogP contribution >= 0.6 is 7.92 Å². The number of hydrogen-bond donors (Lipinski definition) is 2. The molecule has 0 amide bonds. The lowest BCUT2D eigenvalue weighted by Gasteiger charge is -2.22. The number of rotatable bonds is 10. The average molecular weight is 413 g/mol. The first-order valence-corrected chi connectivity index (χ1v) is 11.8. The molecule has 0 saturated heterocycles. The Morgan fingerprint density at radius 1 is 1.31 bits per heavy atom. The highest BCUT2D eigenvalue weighted by molar-refractivity contribution is 7.63. The Morgan fingerprint density at radius 2 is 1.97 bits per heavy atom. The largest absolute Gasteiger partial charge is 0.398 e. The molecule has 1 aromatic rings. The first-order chi connectivity index (χ1) is 13.7. The fourth-order valence-electron chi connectivity index (χ4n) is 3.42. The van der Waals surface area contributed by atoms with Crippen molar-refractivity contribution in [3.63, 3.8) is 0 Å². The highest BCUT2D eigenvalue weighted by Gasteiger charge is 2.32. The zero-order valence-corrected chi connectivity index (χ0v) is 19.1. The quantitative estimate of drug-likeness (QED) is 0.333. The summed E-state index contributed by atoms with van der Waals surface area (Å²) >= 11 is 0. The first kappa shape index (κ1) is 23.2. The van der Waals surface area contributed by atoms with Crippen molar-refractivity contribution in [2.75, 3.05) is 6.16 Å². The molecule has 29 heavy (non-hydrogen) atoms. The van der Waals surface area contributed by atoms with E-state index < -0.39 is 0 Å². The molecule has 4 heteroatoms. The minimum atomic E-state index is -0.219. The molecular weight excluding hydrogens is 378 g/mol. The van der Waals surface area contributed by atoms with E-state index in [9.17, 15) is 4.39 Å². The van der Waals surface area contributed by atoms with Crippen LogP contribution in [0.25, 0.3) is 0 Å². The Kier molecular flexibility index (Phi) is 8.05. The van der Waals surface area contributed by atoms with Crippen LogP contribution in [0, 0.1) is 12.7 Å². The van der Waals surface area contributed by atoms with Crippen LogP contribution in [0.15, 0.2) is 77.4 Å². The van der Waals surface area contributed by atoms with Crippen molar-refractivity contribution < 1.29 is 4.39 Å². The van der Waals surface area contributed by atoms with Crippen molar-refractivity contribution in [3.05, 3.63) is 94.4 Å². The van der Waals surface area contributed by atoms with Crippen molar-refractivity contribution in [1.29, 1.82) is 0 Å². The van der Waals surface area contributed by atoms with Gasteiger partial charge in [0.1, 0.15) is 5.82 Å². The van der Waals surface area contributed by atoms with Crippen molar-refractivity contribution >= 4 is 7.92 Å². The topological polar surface area (TPSA) is 38.0 Å². The van der Waals surface area contributed by atoms with E-state index >= 15 is 0 Å². The number of hydrogen-bond acceptors (Lipinski definition) is 2. The van der Waals surface area contributed by atoms with Crippen LogP contribution in [0.4, 0.5) is 4.39 Å². The Bertz CT molecular complexity index is 875. The molecule has 3 N–H and O–H groups in total. The van der Waals surface area contributed by atoms with Gasteiger partial charge >= 0.3 is 0 Å². The first-order valence-electron chi connectivity index (χ1n) is 10.2. The van der Waals surface area contributed by atoms with Gasteiger partial charge in [0.15, 0.2) is 0 Å². The van der Waals surface area contributed by atoms with E-state index in [1.807, 2.05) is 32.9 Å². The van der Waals surface area contributed by atoms with Gasteiger partial charge in [-0.1, -0.05) is 52.8 Å². The molecule has 1 atom stereocenters. The smallest absolute Gasteiger partial charge is 0.128 e. The van der Waals surface area contributed by atoms with E-state index in [0.29, 0.717) is 23.5 Å². The molecular formula is C25H34FN2P. The second-order valence-corrected chi connectivity index (χ2v) is 10.5. The maximum Gasteiger partial charge on any atom is 0.128 e. The molecule has 1 fully saturated rings. The lowest BCUT2D eigenvalue weighted by molar-refractivity contribution is 0.601. The zero-order valence-electron chi connectivity index (χ0n) is 18.2. The zero-order chi connectivity index (χ0) is 21.7. The summed E-state index contributed by atoms with van der Waals surface area (Å²) < 4.78 is 14.1. The molecule has 1 unspecified atom stereocenters. The van der Waals surface area contributed by atoms with E-state index in [-0.39, 0.29) is 13.7 Å². The number of nitrogens with two attached hydrogens (primary N) is 1. The van der Waals surface area contributed by atoms with E-state index in [1.54, 1.807) is 6.07 Å². The fraction of sp³-hybridized carbons (Fsp3) is 0.360. The summed E-state index contributed by atoms with van der Waals surface area (Å²) in [6.45, 7) is 21.2. The predicted molar refractivity (Wildman–Crippen MR) is 127 cm³/mol. The van der Waals surface area contributed by atoms with Gasteiger partial charge in [0.2, 0.25) is 0 Å². The third kappa shape index (κ3) is 5.70. The van der Waals surface area contributed by atoms with Gasteiger partial charge in [0.25, 0.3) is 0 Å². The monoisotopic (exact) mass is 412 g/mol. The normalized spacial score (nSPS) is 16.1. The van der Waals surface area contributed by atoms with E-state index in [4.69, 9.17) is 5.73 Å². The van der Waals surface area contributed by atoms with E-state index in [2.05, 4.69) is 32.0 Å². The molecule has 0 bridgehead atoms. The standard InChI is InChI=1S/C25H34FN2P/c1-8-23(19(6)28-15-21-11-10-16(3)14-24(21)26)18(5)25(27)17(4)20(7)29(9-2)22-12-13-22/h8,10-11,14,22,28H,5-7,9,12-13,15,27H2,1-4H3/b23-8+,25-17-. The van der Waals surface area contributed by atoms with Gasteiger partial charge < -0.3 is 11.1 Å². The van der Waals surface area contributed by atoms with Crippen LogP contribution in [-0.2, 0) is 6.54 Å². The summed E-state index contributed by atoms with van der Waals surface area (Å²) in [5, 5.41) is 4.40. The molecule has 1 aliphatic rings. The molecule has 1 aromatic carbocycles. The second-order valence-electron chi connectivity index (χ2n) is 7.61. The summed E-state index contributed by atoms with van der Waals surface area (Å²) in [4.78, 5) is 0. The molecule has 156 valence electrons. The lowest BCUT2D eigenvalue weighted by atomic mass is 9.98. The number of allylic oxidation sites excluding steroid dienone is 5. The third-order valence-corrected chi connectivity index (χ3v) is 8.58.